The van der Waals surface area contributed by atoms with E-state index in [0.717, 1.165) is 29.7 Å². The third kappa shape index (κ3) is 5.07. The predicted molar refractivity (Wildman–Crippen MR) is 107 cm³/mol. The van der Waals surface area contributed by atoms with Gasteiger partial charge < -0.3 is 9.64 Å². The molecular weight excluding hydrogens is 338 g/mol. The van der Waals surface area contributed by atoms with Crippen LogP contribution in [0.3, 0.4) is 0 Å². The molecule has 4 nitrogen and oxygen atoms in total. The first-order chi connectivity index (χ1) is 13.2. The number of piperidine rings is 1. The molecule has 27 heavy (non-hydrogen) atoms. The first-order valence-electron chi connectivity index (χ1n) is 9.46. The molecule has 1 fully saturated rings. The van der Waals surface area contributed by atoms with Crippen LogP contribution in [0.1, 0.15) is 35.7 Å². The third-order valence-electron chi connectivity index (χ3n) is 4.85. The topological polar surface area (TPSA) is 46.6 Å². The maximum Gasteiger partial charge on any atom is 0.246 e. The monoisotopic (exact) mass is 363 g/mol. The van der Waals surface area contributed by atoms with Gasteiger partial charge in [-0.05, 0) is 43.5 Å². The fourth-order valence-electron chi connectivity index (χ4n) is 3.31. The molecule has 0 spiro atoms. The normalized spacial score (nSPS) is 15.1. The van der Waals surface area contributed by atoms with Crippen LogP contribution in [0.5, 0.6) is 5.75 Å². The minimum Gasteiger partial charge on any atom is -0.494 e. The lowest BCUT2D eigenvalue weighted by atomic mass is 9.89. The summed E-state index contributed by atoms with van der Waals surface area (Å²) < 4.78 is 5.42. The van der Waals surface area contributed by atoms with Crippen molar-refractivity contribution in [1.82, 2.24) is 4.90 Å². The second-order valence-corrected chi connectivity index (χ2v) is 6.67. The second-order valence-electron chi connectivity index (χ2n) is 6.67. The summed E-state index contributed by atoms with van der Waals surface area (Å²) in [5, 5.41) is 0. The highest BCUT2D eigenvalue weighted by Crippen LogP contribution is 2.22. The Labute approximate surface area is 160 Å². The summed E-state index contributed by atoms with van der Waals surface area (Å²) in [6.45, 7) is 3.82. The Morgan fingerprint density at radius 1 is 1.04 bits per heavy atom. The molecule has 0 atom stereocenters. The van der Waals surface area contributed by atoms with Gasteiger partial charge in [-0.1, -0.05) is 42.5 Å². The highest BCUT2D eigenvalue weighted by molar-refractivity contribution is 5.98. The first kappa shape index (κ1) is 18.9. The Morgan fingerprint density at radius 2 is 1.70 bits per heavy atom. The van der Waals surface area contributed by atoms with Crippen molar-refractivity contribution in [1.29, 1.82) is 0 Å². The number of benzene rings is 2. The zero-order valence-electron chi connectivity index (χ0n) is 15.6. The molecular formula is C23H25NO3. The smallest absolute Gasteiger partial charge is 0.246 e. The molecule has 0 radical (unpaired) electrons. The molecule has 1 heterocycles. The van der Waals surface area contributed by atoms with Gasteiger partial charge >= 0.3 is 0 Å². The van der Waals surface area contributed by atoms with E-state index in [1.165, 1.54) is 0 Å². The Morgan fingerprint density at radius 3 is 2.33 bits per heavy atom. The zero-order valence-corrected chi connectivity index (χ0v) is 15.6. The summed E-state index contributed by atoms with van der Waals surface area (Å²) in [6.07, 6.45) is 4.86. The van der Waals surface area contributed by atoms with E-state index in [9.17, 15) is 9.59 Å². The molecule has 0 N–H and O–H groups in total. The lowest BCUT2D eigenvalue weighted by molar-refractivity contribution is -0.127. The largest absolute Gasteiger partial charge is 0.494 e. The number of amides is 1. The summed E-state index contributed by atoms with van der Waals surface area (Å²) in [5.41, 5.74) is 1.72. The summed E-state index contributed by atoms with van der Waals surface area (Å²) in [5.74, 6) is 1.01. The van der Waals surface area contributed by atoms with Crippen LogP contribution >= 0.6 is 0 Å². The van der Waals surface area contributed by atoms with Gasteiger partial charge in [-0.25, -0.2) is 0 Å². The van der Waals surface area contributed by atoms with Crippen LogP contribution in [0.15, 0.2) is 60.7 Å². The minimum atomic E-state index is -0.00510. The van der Waals surface area contributed by atoms with E-state index in [1.54, 1.807) is 6.08 Å². The molecule has 140 valence electrons. The first-order valence-corrected chi connectivity index (χ1v) is 9.46. The van der Waals surface area contributed by atoms with Crippen molar-refractivity contribution >= 4 is 17.8 Å². The van der Waals surface area contributed by atoms with Crippen molar-refractivity contribution in [3.8, 4) is 5.75 Å². The van der Waals surface area contributed by atoms with E-state index < -0.39 is 0 Å². The van der Waals surface area contributed by atoms with Gasteiger partial charge in [0.25, 0.3) is 0 Å². The van der Waals surface area contributed by atoms with E-state index in [1.807, 2.05) is 72.5 Å². The van der Waals surface area contributed by atoms with Crippen LogP contribution in [0.4, 0.5) is 0 Å². The Kier molecular flexibility index (Phi) is 6.42. The van der Waals surface area contributed by atoms with E-state index in [4.69, 9.17) is 4.74 Å². The van der Waals surface area contributed by atoms with Gasteiger partial charge in [-0.3, -0.25) is 9.59 Å². The van der Waals surface area contributed by atoms with Gasteiger partial charge in [0.15, 0.2) is 5.78 Å². The Hall–Kier alpha value is -2.88. The fourth-order valence-corrected chi connectivity index (χ4v) is 3.31. The van der Waals surface area contributed by atoms with Gasteiger partial charge in [-0.15, -0.1) is 0 Å². The number of hydrogen-bond donors (Lipinski definition) is 0. The summed E-state index contributed by atoms with van der Waals surface area (Å²) in [7, 11) is 0. The van der Waals surface area contributed by atoms with Crippen LogP contribution in [0.25, 0.3) is 6.08 Å². The maximum atomic E-state index is 12.5. The quantitative estimate of drug-likeness (QED) is 0.570. The van der Waals surface area contributed by atoms with Gasteiger partial charge in [0.1, 0.15) is 5.75 Å². The highest BCUT2D eigenvalue weighted by atomic mass is 16.5. The summed E-state index contributed by atoms with van der Waals surface area (Å²) >= 11 is 0. The molecule has 0 aliphatic carbocycles. The zero-order chi connectivity index (χ0) is 19.1. The number of Topliss-reactive ketones (excluding diaryl/α,β-unsaturated/α-hetero) is 1. The number of ketones is 1. The number of rotatable bonds is 6. The molecule has 2 aromatic rings. The molecule has 3 rings (SSSR count). The molecule has 1 amide bonds. The van der Waals surface area contributed by atoms with E-state index >= 15 is 0 Å². The maximum absolute atomic E-state index is 12.5. The van der Waals surface area contributed by atoms with Crippen molar-refractivity contribution in [2.24, 2.45) is 5.92 Å². The Bertz CT molecular complexity index is 788. The van der Waals surface area contributed by atoms with E-state index in [0.29, 0.717) is 19.7 Å². The van der Waals surface area contributed by atoms with E-state index in [2.05, 4.69) is 0 Å². The third-order valence-corrected chi connectivity index (χ3v) is 4.85. The average molecular weight is 363 g/mol. The second kappa shape index (κ2) is 9.17. The SMILES string of the molecule is CCOc1ccc(C=CC(=O)N2CCC(C(=O)c3ccccc3)CC2)cc1. The fraction of sp³-hybridized carbons (Fsp3) is 0.304. The highest BCUT2D eigenvalue weighted by Gasteiger charge is 2.27. The lowest BCUT2D eigenvalue weighted by Crippen LogP contribution is -2.39. The number of hydrogen-bond acceptors (Lipinski definition) is 3. The van der Waals surface area contributed by atoms with Crippen LogP contribution in [-0.4, -0.2) is 36.3 Å². The van der Waals surface area contributed by atoms with Gasteiger partial charge in [0.05, 0.1) is 6.61 Å². The average Bonchev–Trinajstić information content (AvgIpc) is 2.73. The summed E-state index contributed by atoms with van der Waals surface area (Å²) in [6, 6.07) is 17.1. The van der Waals surface area contributed by atoms with Crippen molar-refractivity contribution in [2.75, 3.05) is 19.7 Å². The molecule has 0 saturated carbocycles. The molecule has 2 aromatic carbocycles. The number of carbonyl (C=O) groups excluding carboxylic acids is 2. The molecule has 1 aliphatic heterocycles. The Balaban J connectivity index is 1.51. The van der Waals surface area contributed by atoms with Crippen molar-refractivity contribution in [3.63, 3.8) is 0 Å². The number of carbonyl (C=O) groups is 2. The van der Waals surface area contributed by atoms with E-state index in [-0.39, 0.29) is 17.6 Å². The lowest BCUT2D eigenvalue weighted by Gasteiger charge is -2.30. The van der Waals surface area contributed by atoms with Crippen LogP contribution in [0.2, 0.25) is 0 Å². The standard InChI is InChI=1S/C23H25NO3/c1-2-27-21-11-8-18(9-12-21)10-13-22(25)24-16-14-20(15-17-24)23(26)19-6-4-3-5-7-19/h3-13,20H,2,14-17H2,1H3. The number of ether oxygens (including phenoxy) is 1. The molecule has 1 aliphatic rings. The van der Waals surface area contributed by atoms with Gasteiger partial charge in [0, 0.05) is 30.6 Å². The van der Waals surface area contributed by atoms with Crippen LogP contribution in [0, 0.1) is 5.92 Å². The molecule has 0 bridgehead atoms. The van der Waals surface area contributed by atoms with Crippen molar-refractivity contribution < 1.29 is 14.3 Å². The number of likely N-dealkylation sites (tertiary alicyclic amines) is 1. The minimum absolute atomic E-state index is 0.00510. The van der Waals surface area contributed by atoms with Crippen molar-refractivity contribution in [3.05, 3.63) is 71.8 Å². The van der Waals surface area contributed by atoms with Crippen LogP contribution < -0.4 is 4.74 Å². The summed E-state index contributed by atoms with van der Waals surface area (Å²) in [4.78, 5) is 26.8. The van der Waals surface area contributed by atoms with Crippen LogP contribution in [-0.2, 0) is 4.79 Å². The predicted octanol–water partition coefficient (Wildman–Crippen LogP) is 4.22. The molecule has 0 aromatic heterocycles. The molecule has 0 unspecified atom stereocenters. The molecule has 4 heteroatoms. The van der Waals surface area contributed by atoms with Crippen molar-refractivity contribution in [2.45, 2.75) is 19.8 Å². The van der Waals surface area contributed by atoms with Gasteiger partial charge in [-0.2, -0.15) is 0 Å². The molecule has 1 saturated heterocycles. The van der Waals surface area contributed by atoms with Gasteiger partial charge in [0.2, 0.25) is 5.91 Å². The number of nitrogens with zero attached hydrogens (tertiary/aromatic N) is 1.